The molecule has 1 heterocycles. The van der Waals surface area contributed by atoms with Gasteiger partial charge < -0.3 is 10.6 Å². The quantitative estimate of drug-likeness (QED) is 0.649. The van der Waals surface area contributed by atoms with Crippen LogP contribution in [0.4, 0.5) is 10.1 Å². The Bertz CT molecular complexity index is 863. The number of hydrogen-bond donors (Lipinski definition) is 2. The summed E-state index contributed by atoms with van der Waals surface area (Å²) in [5.41, 5.74) is 1.39. The first-order valence-corrected chi connectivity index (χ1v) is 9.21. The lowest BCUT2D eigenvalue weighted by atomic mass is 10.3. The molecule has 0 aliphatic carbocycles. The average molecular weight is 375 g/mol. The van der Waals surface area contributed by atoms with Crippen molar-refractivity contribution >= 4 is 50.8 Å². The Kier molecular flexibility index (Phi) is 5.62. The minimum absolute atomic E-state index is 0.142. The van der Waals surface area contributed by atoms with E-state index < -0.39 is 0 Å². The van der Waals surface area contributed by atoms with E-state index in [1.54, 1.807) is 0 Å². The van der Waals surface area contributed by atoms with E-state index >= 15 is 0 Å². The van der Waals surface area contributed by atoms with Gasteiger partial charge in [0.15, 0.2) is 4.34 Å². The van der Waals surface area contributed by atoms with E-state index in [9.17, 15) is 14.0 Å². The number of carbonyl (C=O) groups excluding carboxylic acids is 2. The highest BCUT2D eigenvalue weighted by molar-refractivity contribution is 8.01. The lowest BCUT2D eigenvalue weighted by Gasteiger charge is -2.06. The maximum atomic E-state index is 12.8. The first-order chi connectivity index (χ1) is 12.1. The number of benzene rings is 2. The van der Waals surface area contributed by atoms with E-state index in [0.717, 1.165) is 14.6 Å². The molecule has 0 aliphatic heterocycles. The third-order valence-corrected chi connectivity index (χ3v) is 5.35. The summed E-state index contributed by atoms with van der Waals surface area (Å²) in [6.07, 6.45) is 0. The van der Waals surface area contributed by atoms with Gasteiger partial charge in [0.1, 0.15) is 5.82 Å². The van der Waals surface area contributed by atoms with Gasteiger partial charge in [0.05, 0.1) is 22.5 Å². The monoisotopic (exact) mass is 375 g/mol. The van der Waals surface area contributed by atoms with Crippen molar-refractivity contribution in [3.63, 3.8) is 0 Å². The number of thiazole rings is 1. The zero-order valence-corrected chi connectivity index (χ0v) is 14.6. The minimum Gasteiger partial charge on any atom is -0.346 e. The normalized spacial score (nSPS) is 10.6. The molecule has 0 spiro atoms. The van der Waals surface area contributed by atoms with Gasteiger partial charge in [-0.1, -0.05) is 23.9 Å². The zero-order valence-electron chi connectivity index (χ0n) is 13.0. The molecule has 128 valence electrons. The summed E-state index contributed by atoms with van der Waals surface area (Å²) in [5.74, 6) is -0.814. The predicted octanol–water partition coefficient (Wildman–Crippen LogP) is 3.28. The molecule has 0 unspecified atom stereocenters. The molecule has 3 rings (SSSR count). The summed E-state index contributed by atoms with van der Waals surface area (Å²) >= 11 is 2.86. The summed E-state index contributed by atoms with van der Waals surface area (Å²) in [6.45, 7) is -0.142. The van der Waals surface area contributed by atoms with Gasteiger partial charge in [0.25, 0.3) is 0 Å². The van der Waals surface area contributed by atoms with E-state index in [1.807, 2.05) is 24.3 Å². The number of nitrogens with one attached hydrogen (secondary N) is 2. The molecule has 0 bridgehead atoms. The number of nitrogens with zero attached hydrogens (tertiary/aromatic N) is 1. The van der Waals surface area contributed by atoms with Gasteiger partial charge in [0.2, 0.25) is 11.8 Å². The van der Waals surface area contributed by atoms with Gasteiger partial charge in [-0.25, -0.2) is 9.37 Å². The van der Waals surface area contributed by atoms with Gasteiger partial charge in [-0.05, 0) is 36.4 Å². The highest BCUT2D eigenvalue weighted by atomic mass is 32.2. The molecule has 0 saturated heterocycles. The number of thioether (sulfide) groups is 1. The van der Waals surface area contributed by atoms with Gasteiger partial charge in [-0.3, -0.25) is 9.59 Å². The second kappa shape index (κ2) is 8.09. The number of hydrogen-bond acceptors (Lipinski definition) is 5. The van der Waals surface area contributed by atoms with Crippen LogP contribution in [0.1, 0.15) is 0 Å². The number of carbonyl (C=O) groups is 2. The van der Waals surface area contributed by atoms with Gasteiger partial charge >= 0.3 is 0 Å². The van der Waals surface area contributed by atoms with Crippen molar-refractivity contribution < 1.29 is 14.0 Å². The third-order valence-electron chi connectivity index (χ3n) is 3.18. The van der Waals surface area contributed by atoms with Gasteiger partial charge in [-0.15, -0.1) is 11.3 Å². The second-order valence-corrected chi connectivity index (χ2v) is 7.32. The van der Waals surface area contributed by atoms with Crippen LogP contribution in [0, 0.1) is 5.82 Å². The number of para-hydroxylation sites is 1. The maximum absolute atomic E-state index is 12.8. The summed E-state index contributed by atoms with van der Waals surface area (Å²) in [7, 11) is 0. The van der Waals surface area contributed by atoms with E-state index in [4.69, 9.17) is 0 Å². The van der Waals surface area contributed by atoms with Crippen LogP contribution in [-0.4, -0.2) is 29.1 Å². The van der Waals surface area contributed by atoms with Crippen LogP contribution < -0.4 is 10.6 Å². The number of rotatable bonds is 6. The van der Waals surface area contributed by atoms with Crippen LogP contribution in [-0.2, 0) is 9.59 Å². The Morgan fingerprint density at radius 2 is 1.84 bits per heavy atom. The number of amides is 2. The molecule has 25 heavy (non-hydrogen) atoms. The molecule has 8 heteroatoms. The smallest absolute Gasteiger partial charge is 0.243 e. The summed E-state index contributed by atoms with van der Waals surface area (Å²) in [6, 6.07) is 13.2. The first-order valence-electron chi connectivity index (χ1n) is 7.40. The van der Waals surface area contributed by atoms with Crippen molar-refractivity contribution in [1.29, 1.82) is 0 Å². The van der Waals surface area contributed by atoms with E-state index in [1.165, 1.54) is 47.4 Å². The van der Waals surface area contributed by atoms with Gasteiger partial charge in [-0.2, -0.15) is 0 Å². The Morgan fingerprint density at radius 1 is 1.08 bits per heavy atom. The van der Waals surface area contributed by atoms with Crippen molar-refractivity contribution in [3.05, 3.63) is 54.3 Å². The van der Waals surface area contributed by atoms with Crippen molar-refractivity contribution in [2.75, 3.05) is 17.6 Å². The second-order valence-electron chi connectivity index (χ2n) is 5.07. The van der Waals surface area contributed by atoms with Crippen LogP contribution in [0.25, 0.3) is 10.2 Å². The van der Waals surface area contributed by atoms with Crippen LogP contribution in [0.5, 0.6) is 0 Å². The van der Waals surface area contributed by atoms with Crippen molar-refractivity contribution in [2.45, 2.75) is 4.34 Å². The van der Waals surface area contributed by atoms with Crippen LogP contribution in [0.2, 0.25) is 0 Å². The molecule has 0 fully saturated rings. The van der Waals surface area contributed by atoms with Crippen LogP contribution in [0.3, 0.4) is 0 Å². The highest BCUT2D eigenvalue weighted by Gasteiger charge is 2.09. The Hall–Kier alpha value is -2.45. The number of anilines is 1. The lowest BCUT2D eigenvalue weighted by Crippen LogP contribution is -2.33. The topological polar surface area (TPSA) is 71.1 Å². The Balaban J connectivity index is 1.43. The van der Waals surface area contributed by atoms with Crippen molar-refractivity contribution in [3.8, 4) is 0 Å². The average Bonchev–Trinajstić information content (AvgIpc) is 3.03. The zero-order chi connectivity index (χ0) is 17.6. The predicted molar refractivity (Wildman–Crippen MR) is 98.4 cm³/mol. The molecule has 2 N–H and O–H groups in total. The standard InChI is InChI=1S/C17H14FN3O2S2/c18-11-5-7-12(8-6-11)20-15(22)9-19-16(23)10-24-17-21-13-3-1-2-4-14(13)25-17/h1-8H,9-10H2,(H,19,23)(H,20,22). The summed E-state index contributed by atoms with van der Waals surface area (Å²) in [4.78, 5) is 28.0. The van der Waals surface area contributed by atoms with Crippen LogP contribution >= 0.6 is 23.1 Å². The third kappa shape index (κ3) is 5.01. The number of halogens is 1. The Morgan fingerprint density at radius 3 is 2.60 bits per heavy atom. The molecule has 0 saturated carbocycles. The largest absolute Gasteiger partial charge is 0.346 e. The number of aromatic nitrogens is 1. The van der Waals surface area contributed by atoms with E-state index in [2.05, 4.69) is 15.6 Å². The number of fused-ring (bicyclic) bond motifs is 1. The van der Waals surface area contributed by atoms with Crippen molar-refractivity contribution in [1.82, 2.24) is 10.3 Å². The molecular formula is C17H14FN3O2S2. The molecule has 0 radical (unpaired) electrons. The summed E-state index contributed by atoms with van der Waals surface area (Å²) in [5, 5.41) is 5.13. The van der Waals surface area contributed by atoms with Gasteiger partial charge in [0, 0.05) is 5.69 Å². The SMILES string of the molecule is O=C(CSc1nc2ccccc2s1)NCC(=O)Nc1ccc(F)cc1. The molecule has 0 atom stereocenters. The molecule has 3 aromatic rings. The maximum Gasteiger partial charge on any atom is 0.243 e. The fraction of sp³-hybridized carbons (Fsp3) is 0.118. The van der Waals surface area contributed by atoms with Crippen LogP contribution in [0.15, 0.2) is 52.9 Å². The highest BCUT2D eigenvalue weighted by Crippen LogP contribution is 2.28. The molecule has 2 amide bonds. The molecule has 5 nitrogen and oxygen atoms in total. The molecule has 0 aliphatic rings. The fourth-order valence-corrected chi connectivity index (χ4v) is 3.91. The first kappa shape index (κ1) is 17.4. The fourth-order valence-electron chi connectivity index (χ4n) is 2.01. The Labute approximate surface area is 151 Å². The van der Waals surface area contributed by atoms with E-state index in [-0.39, 0.29) is 29.9 Å². The molecule has 2 aromatic carbocycles. The molecule has 1 aromatic heterocycles. The summed E-state index contributed by atoms with van der Waals surface area (Å²) < 4.78 is 14.7. The lowest BCUT2D eigenvalue weighted by molar-refractivity contribution is -0.122. The molecular weight excluding hydrogens is 361 g/mol. The minimum atomic E-state index is -0.377. The van der Waals surface area contributed by atoms with E-state index in [0.29, 0.717) is 5.69 Å². The van der Waals surface area contributed by atoms with Crippen molar-refractivity contribution in [2.24, 2.45) is 0 Å².